The molecular formula is C12H14N2O5S2. The number of aliphatic carboxylic acids is 1. The summed E-state index contributed by atoms with van der Waals surface area (Å²) in [5.41, 5.74) is 0. The lowest BCUT2D eigenvalue weighted by Gasteiger charge is -2.13. The molecule has 0 radical (unpaired) electrons. The molecule has 0 saturated heterocycles. The largest absolute Gasteiger partial charge is 0.481 e. The molecule has 114 valence electrons. The van der Waals surface area contributed by atoms with E-state index in [-0.39, 0.29) is 10.6 Å². The highest BCUT2D eigenvalue weighted by atomic mass is 32.2. The first-order chi connectivity index (χ1) is 9.92. The number of rotatable bonds is 7. The Kier molecular flexibility index (Phi) is 4.76. The van der Waals surface area contributed by atoms with Crippen LogP contribution in [0.5, 0.6) is 0 Å². The monoisotopic (exact) mass is 330 g/mol. The zero-order chi connectivity index (χ0) is 15.5. The molecule has 2 rings (SSSR count). The van der Waals surface area contributed by atoms with Crippen LogP contribution in [-0.2, 0) is 14.8 Å². The van der Waals surface area contributed by atoms with Crippen LogP contribution in [0, 0.1) is 0 Å². The van der Waals surface area contributed by atoms with E-state index in [0.29, 0.717) is 17.1 Å². The summed E-state index contributed by atoms with van der Waals surface area (Å²) in [7, 11) is -3.74. The quantitative estimate of drug-likeness (QED) is 0.803. The third-order valence-electron chi connectivity index (χ3n) is 2.76. The Morgan fingerprint density at radius 2 is 2.24 bits per heavy atom. The van der Waals surface area contributed by atoms with Crippen molar-refractivity contribution in [2.45, 2.75) is 30.0 Å². The van der Waals surface area contributed by atoms with Crippen molar-refractivity contribution in [1.82, 2.24) is 9.88 Å². The van der Waals surface area contributed by atoms with E-state index in [9.17, 15) is 13.2 Å². The van der Waals surface area contributed by atoms with Crippen LogP contribution in [0.1, 0.15) is 19.8 Å². The Balaban J connectivity index is 2.18. The fourth-order valence-electron chi connectivity index (χ4n) is 1.70. The second-order valence-electron chi connectivity index (χ2n) is 4.32. The number of carboxylic acid groups (broad SMARTS) is 1. The summed E-state index contributed by atoms with van der Waals surface area (Å²) in [5.74, 6) is -0.558. The van der Waals surface area contributed by atoms with Crippen LogP contribution in [0.4, 0.5) is 0 Å². The molecule has 0 fully saturated rings. The second kappa shape index (κ2) is 6.37. The van der Waals surface area contributed by atoms with E-state index in [4.69, 9.17) is 9.63 Å². The molecule has 2 N–H and O–H groups in total. The summed E-state index contributed by atoms with van der Waals surface area (Å²) in [6.07, 6.45) is 1.61. The van der Waals surface area contributed by atoms with Gasteiger partial charge in [0.25, 0.3) is 0 Å². The Bertz CT molecular complexity index is 706. The molecular weight excluding hydrogens is 316 g/mol. The predicted octanol–water partition coefficient (Wildman–Crippen LogP) is 1.93. The molecule has 0 saturated carbocycles. The first kappa shape index (κ1) is 15.7. The van der Waals surface area contributed by atoms with Crippen molar-refractivity contribution in [2.24, 2.45) is 0 Å². The summed E-state index contributed by atoms with van der Waals surface area (Å²) in [6, 6.07) is 4.08. The highest BCUT2D eigenvalue weighted by Gasteiger charge is 2.23. The fraction of sp³-hybridized carbons (Fsp3) is 0.333. The molecule has 2 aromatic heterocycles. The molecule has 2 aromatic rings. The molecule has 0 aliphatic heterocycles. The molecule has 0 amide bonds. The first-order valence-electron chi connectivity index (χ1n) is 6.17. The van der Waals surface area contributed by atoms with E-state index in [0.717, 1.165) is 11.3 Å². The lowest BCUT2D eigenvalue weighted by Crippen LogP contribution is -2.35. The number of hydrogen-bond acceptors (Lipinski definition) is 6. The molecule has 1 atom stereocenters. The molecule has 2 heterocycles. The van der Waals surface area contributed by atoms with Gasteiger partial charge < -0.3 is 9.63 Å². The lowest BCUT2D eigenvalue weighted by atomic mass is 10.2. The standard InChI is InChI=1S/C12H14N2O5S2/c1-2-8(7-11(15)16)14-21(17,18)12-4-3-10(20-12)9-5-6-13-19-9/h3-6,8,14H,2,7H2,1H3,(H,15,16)/t8-/m0/s1. The van der Waals surface area contributed by atoms with Gasteiger partial charge in [0.15, 0.2) is 5.76 Å². The summed E-state index contributed by atoms with van der Waals surface area (Å²) >= 11 is 1.04. The van der Waals surface area contributed by atoms with Gasteiger partial charge in [0.2, 0.25) is 10.0 Å². The van der Waals surface area contributed by atoms with Gasteiger partial charge in [0.1, 0.15) is 4.21 Å². The van der Waals surface area contributed by atoms with Crippen molar-refractivity contribution in [3.63, 3.8) is 0 Å². The van der Waals surface area contributed by atoms with Crippen LogP contribution in [0.25, 0.3) is 10.6 Å². The average molecular weight is 330 g/mol. The Morgan fingerprint density at radius 3 is 2.81 bits per heavy atom. The molecule has 0 spiro atoms. The summed E-state index contributed by atoms with van der Waals surface area (Å²) in [6.45, 7) is 1.73. The SMILES string of the molecule is CC[C@@H](CC(=O)O)NS(=O)(=O)c1ccc(-c2ccno2)s1. The summed E-state index contributed by atoms with van der Waals surface area (Å²) in [5, 5.41) is 12.3. The average Bonchev–Trinajstić information content (AvgIpc) is 3.07. The molecule has 0 aliphatic rings. The van der Waals surface area contributed by atoms with E-state index in [1.54, 1.807) is 19.1 Å². The molecule has 21 heavy (non-hydrogen) atoms. The number of sulfonamides is 1. The number of carbonyl (C=O) groups is 1. The number of carboxylic acids is 1. The Hall–Kier alpha value is -1.71. The summed E-state index contributed by atoms with van der Waals surface area (Å²) < 4.78 is 31.9. The fourth-order valence-corrected chi connectivity index (χ4v) is 4.30. The third kappa shape index (κ3) is 3.90. The maximum absolute atomic E-state index is 12.2. The topological polar surface area (TPSA) is 110 Å². The second-order valence-corrected chi connectivity index (χ2v) is 7.34. The number of aromatic nitrogens is 1. The highest BCUT2D eigenvalue weighted by Crippen LogP contribution is 2.30. The maximum Gasteiger partial charge on any atom is 0.304 e. The van der Waals surface area contributed by atoms with Gasteiger partial charge in [-0.25, -0.2) is 13.1 Å². The molecule has 0 aromatic carbocycles. The van der Waals surface area contributed by atoms with Crippen molar-refractivity contribution in [3.8, 4) is 10.6 Å². The number of nitrogens with one attached hydrogen (secondary N) is 1. The molecule has 0 bridgehead atoms. The van der Waals surface area contributed by atoms with Gasteiger partial charge in [-0.3, -0.25) is 4.79 Å². The molecule has 9 heteroatoms. The van der Waals surface area contributed by atoms with Crippen LogP contribution in [-0.4, -0.2) is 30.7 Å². The van der Waals surface area contributed by atoms with E-state index < -0.39 is 22.0 Å². The van der Waals surface area contributed by atoms with E-state index in [1.807, 2.05) is 0 Å². The van der Waals surface area contributed by atoms with Crippen LogP contribution >= 0.6 is 11.3 Å². The van der Waals surface area contributed by atoms with Crippen LogP contribution in [0.3, 0.4) is 0 Å². The molecule has 7 nitrogen and oxygen atoms in total. The zero-order valence-corrected chi connectivity index (χ0v) is 12.8. The van der Waals surface area contributed by atoms with Crippen LogP contribution in [0.15, 0.2) is 33.1 Å². The highest BCUT2D eigenvalue weighted by molar-refractivity contribution is 7.91. The minimum Gasteiger partial charge on any atom is -0.481 e. The Morgan fingerprint density at radius 1 is 1.48 bits per heavy atom. The van der Waals surface area contributed by atoms with Gasteiger partial charge in [-0.15, -0.1) is 11.3 Å². The van der Waals surface area contributed by atoms with Crippen molar-refractivity contribution in [3.05, 3.63) is 24.4 Å². The lowest BCUT2D eigenvalue weighted by molar-refractivity contribution is -0.137. The maximum atomic E-state index is 12.2. The van der Waals surface area contributed by atoms with Crippen molar-refractivity contribution < 1.29 is 22.8 Å². The van der Waals surface area contributed by atoms with Gasteiger partial charge in [-0.05, 0) is 18.6 Å². The summed E-state index contributed by atoms with van der Waals surface area (Å²) in [4.78, 5) is 11.3. The molecule has 0 aliphatic carbocycles. The van der Waals surface area contributed by atoms with Crippen molar-refractivity contribution in [2.75, 3.05) is 0 Å². The number of hydrogen-bond donors (Lipinski definition) is 2. The third-order valence-corrected chi connectivity index (χ3v) is 5.87. The Labute approximate surface area is 125 Å². The first-order valence-corrected chi connectivity index (χ1v) is 8.47. The van der Waals surface area contributed by atoms with Gasteiger partial charge in [-0.1, -0.05) is 12.1 Å². The van der Waals surface area contributed by atoms with E-state index in [1.165, 1.54) is 12.3 Å². The smallest absolute Gasteiger partial charge is 0.304 e. The van der Waals surface area contributed by atoms with Gasteiger partial charge in [0.05, 0.1) is 17.5 Å². The van der Waals surface area contributed by atoms with Gasteiger partial charge >= 0.3 is 5.97 Å². The van der Waals surface area contributed by atoms with E-state index >= 15 is 0 Å². The zero-order valence-electron chi connectivity index (χ0n) is 11.1. The van der Waals surface area contributed by atoms with Crippen LogP contribution < -0.4 is 4.72 Å². The predicted molar refractivity (Wildman–Crippen MR) is 76.5 cm³/mol. The van der Waals surface area contributed by atoms with Crippen LogP contribution in [0.2, 0.25) is 0 Å². The van der Waals surface area contributed by atoms with Gasteiger partial charge in [0, 0.05) is 12.1 Å². The number of nitrogens with zero attached hydrogens (tertiary/aromatic N) is 1. The normalized spacial score (nSPS) is 13.2. The van der Waals surface area contributed by atoms with E-state index in [2.05, 4.69) is 9.88 Å². The van der Waals surface area contributed by atoms with Crippen molar-refractivity contribution in [1.29, 1.82) is 0 Å². The molecule has 0 unspecified atom stereocenters. The minimum absolute atomic E-state index is 0.109. The van der Waals surface area contributed by atoms with Gasteiger partial charge in [-0.2, -0.15) is 0 Å². The number of thiophene rings is 1. The minimum atomic E-state index is -3.74. The van der Waals surface area contributed by atoms with Crippen molar-refractivity contribution >= 4 is 27.3 Å².